The summed E-state index contributed by atoms with van der Waals surface area (Å²) in [6, 6.07) is 0. The van der Waals surface area contributed by atoms with Crippen LogP contribution in [0.1, 0.15) is 258 Å². The van der Waals surface area contributed by atoms with Crippen molar-refractivity contribution in [3.05, 3.63) is 72.9 Å². The Labute approximate surface area is 395 Å². The summed E-state index contributed by atoms with van der Waals surface area (Å²) in [5, 5.41) is 0. The first-order chi connectivity index (χ1) is 31.5. The maximum atomic E-state index is 12.8. The summed E-state index contributed by atoms with van der Waals surface area (Å²) < 4.78 is 16.8. The molecule has 0 aromatic rings. The van der Waals surface area contributed by atoms with Crippen LogP contribution in [0.25, 0.3) is 0 Å². The van der Waals surface area contributed by atoms with Crippen molar-refractivity contribution in [3.63, 3.8) is 0 Å². The van der Waals surface area contributed by atoms with Gasteiger partial charge in [-0.3, -0.25) is 14.4 Å². The van der Waals surface area contributed by atoms with Crippen LogP contribution in [-0.4, -0.2) is 37.2 Å². The summed E-state index contributed by atoms with van der Waals surface area (Å²) in [6.07, 6.45) is 66.0. The zero-order valence-corrected chi connectivity index (χ0v) is 42.0. The molecule has 64 heavy (non-hydrogen) atoms. The minimum absolute atomic E-state index is 0.0956. The number of hydrogen-bond acceptors (Lipinski definition) is 6. The minimum Gasteiger partial charge on any atom is -0.462 e. The SMILES string of the molecule is CC/C=C\C/C=C\C/C=C\C/C=C\C/C=C\CCCC(=O)OCC(COC(=O)CCCCCCC/C=C\CCCCCC)OC(=O)CCCCCCCCCCCCCCCCCC. The van der Waals surface area contributed by atoms with Crippen LogP contribution in [-0.2, 0) is 28.6 Å². The number of hydrogen-bond donors (Lipinski definition) is 0. The van der Waals surface area contributed by atoms with E-state index < -0.39 is 6.10 Å². The van der Waals surface area contributed by atoms with Crippen molar-refractivity contribution in [1.82, 2.24) is 0 Å². The molecule has 0 rings (SSSR count). The Morgan fingerprint density at radius 2 is 0.625 bits per heavy atom. The normalized spacial score (nSPS) is 12.6. The van der Waals surface area contributed by atoms with Crippen molar-refractivity contribution < 1.29 is 28.6 Å². The van der Waals surface area contributed by atoms with Crippen LogP contribution in [0.2, 0.25) is 0 Å². The molecule has 0 aromatic heterocycles. The third kappa shape index (κ3) is 49.9. The van der Waals surface area contributed by atoms with Gasteiger partial charge in [0.2, 0.25) is 0 Å². The Morgan fingerprint density at radius 3 is 1.05 bits per heavy atom. The summed E-state index contributed by atoms with van der Waals surface area (Å²) in [4.78, 5) is 38.0. The highest BCUT2D eigenvalue weighted by Crippen LogP contribution is 2.15. The van der Waals surface area contributed by atoms with Crippen LogP contribution in [0, 0.1) is 0 Å². The van der Waals surface area contributed by atoms with Crippen LogP contribution in [0.15, 0.2) is 72.9 Å². The number of ether oxygens (including phenoxy) is 3. The minimum atomic E-state index is -0.799. The van der Waals surface area contributed by atoms with E-state index in [1.54, 1.807) is 0 Å². The van der Waals surface area contributed by atoms with Crippen molar-refractivity contribution in [3.8, 4) is 0 Å². The van der Waals surface area contributed by atoms with Crippen LogP contribution >= 0.6 is 0 Å². The van der Waals surface area contributed by atoms with E-state index in [9.17, 15) is 14.4 Å². The fourth-order valence-electron chi connectivity index (χ4n) is 7.41. The molecule has 0 bridgehead atoms. The van der Waals surface area contributed by atoms with Gasteiger partial charge in [0.25, 0.3) is 0 Å². The topological polar surface area (TPSA) is 78.9 Å². The monoisotopic (exact) mass is 893 g/mol. The Morgan fingerprint density at radius 1 is 0.328 bits per heavy atom. The zero-order valence-electron chi connectivity index (χ0n) is 42.0. The molecule has 6 heteroatoms. The average Bonchev–Trinajstić information content (AvgIpc) is 3.29. The molecular formula is C58H100O6. The third-order valence-electron chi connectivity index (χ3n) is 11.4. The summed E-state index contributed by atoms with van der Waals surface area (Å²) in [6.45, 7) is 6.47. The van der Waals surface area contributed by atoms with E-state index in [1.807, 2.05) is 0 Å². The molecule has 0 heterocycles. The number of esters is 3. The number of allylic oxidation sites excluding steroid dienone is 12. The van der Waals surface area contributed by atoms with Crippen molar-refractivity contribution in [2.24, 2.45) is 0 Å². The quantitative estimate of drug-likeness (QED) is 0.0262. The highest BCUT2D eigenvalue weighted by molar-refractivity contribution is 5.71. The standard InChI is InChI=1S/C58H100O6/c1-4-7-10-13-16-19-22-25-27-29-31-33-36-39-42-45-48-51-57(60)63-54-55(53-62-56(59)50-47-44-41-38-35-32-24-21-18-15-12-9-6-3)64-58(61)52-49-46-43-40-37-34-30-28-26-23-20-17-14-11-8-5-2/h7,10,16,19,21,24-25,27,31,33,39,42,55H,4-6,8-9,11-15,17-18,20,22-23,26,28-30,32,34-38,40-41,43-54H2,1-3H3/b10-7-,19-16-,24-21-,27-25-,33-31-,42-39-. The molecule has 0 fully saturated rings. The summed E-state index contributed by atoms with van der Waals surface area (Å²) in [5.41, 5.74) is 0. The fourth-order valence-corrected chi connectivity index (χ4v) is 7.41. The first-order valence-electron chi connectivity index (χ1n) is 26.9. The molecule has 0 aromatic carbocycles. The second kappa shape index (κ2) is 52.5. The summed E-state index contributed by atoms with van der Waals surface area (Å²) in [7, 11) is 0. The predicted octanol–water partition coefficient (Wildman–Crippen LogP) is 17.8. The third-order valence-corrected chi connectivity index (χ3v) is 11.4. The Kier molecular flexibility index (Phi) is 49.9. The molecular weight excluding hydrogens is 793 g/mol. The van der Waals surface area contributed by atoms with Gasteiger partial charge in [0.05, 0.1) is 0 Å². The van der Waals surface area contributed by atoms with E-state index in [1.165, 1.54) is 128 Å². The average molecular weight is 893 g/mol. The van der Waals surface area contributed by atoms with Crippen molar-refractivity contribution in [2.75, 3.05) is 13.2 Å². The number of carbonyl (C=O) groups excluding carboxylic acids is 3. The predicted molar refractivity (Wildman–Crippen MR) is 274 cm³/mol. The summed E-state index contributed by atoms with van der Waals surface area (Å²) in [5.74, 6) is -0.958. The largest absolute Gasteiger partial charge is 0.462 e. The molecule has 0 radical (unpaired) electrons. The zero-order chi connectivity index (χ0) is 46.5. The summed E-state index contributed by atoms with van der Waals surface area (Å²) >= 11 is 0. The van der Waals surface area contributed by atoms with Crippen molar-refractivity contribution in [2.45, 2.75) is 264 Å². The van der Waals surface area contributed by atoms with Gasteiger partial charge in [0.15, 0.2) is 6.10 Å². The van der Waals surface area contributed by atoms with E-state index in [4.69, 9.17) is 14.2 Å². The Hall–Kier alpha value is -3.15. The lowest BCUT2D eigenvalue weighted by Crippen LogP contribution is -2.30. The van der Waals surface area contributed by atoms with Gasteiger partial charge in [-0.2, -0.15) is 0 Å². The van der Waals surface area contributed by atoms with Gasteiger partial charge >= 0.3 is 17.9 Å². The van der Waals surface area contributed by atoms with Crippen LogP contribution in [0.3, 0.4) is 0 Å². The molecule has 0 aliphatic heterocycles. The van der Waals surface area contributed by atoms with E-state index in [2.05, 4.69) is 93.7 Å². The second-order valence-electron chi connectivity index (χ2n) is 17.8. The number of unbranched alkanes of at least 4 members (excludes halogenated alkanes) is 25. The molecule has 0 amide bonds. The lowest BCUT2D eigenvalue weighted by atomic mass is 10.0. The van der Waals surface area contributed by atoms with Gasteiger partial charge in [-0.15, -0.1) is 0 Å². The van der Waals surface area contributed by atoms with E-state index in [0.717, 1.165) is 83.5 Å². The molecule has 6 nitrogen and oxygen atoms in total. The Bertz CT molecular complexity index is 1210. The molecule has 1 atom stereocenters. The molecule has 0 aliphatic carbocycles. The van der Waals surface area contributed by atoms with Crippen LogP contribution < -0.4 is 0 Å². The molecule has 0 spiro atoms. The second-order valence-corrected chi connectivity index (χ2v) is 17.8. The van der Waals surface area contributed by atoms with Gasteiger partial charge < -0.3 is 14.2 Å². The van der Waals surface area contributed by atoms with Gasteiger partial charge in [-0.25, -0.2) is 0 Å². The van der Waals surface area contributed by atoms with E-state index in [0.29, 0.717) is 19.3 Å². The number of carbonyl (C=O) groups is 3. The maximum Gasteiger partial charge on any atom is 0.306 e. The molecule has 1 unspecified atom stereocenters. The fraction of sp³-hybridized carbons (Fsp3) is 0.741. The van der Waals surface area contributed by atoms with Crippen LogP contribution in [0.5, 0.6) is 0 Å². The van der Waals surface area contributed by atoms with Crippen molar-refractivity contribution >= 4 is 17.9 Å². The van der Waals surface area contributed by atoms with Crippen LogP contribution in [0.4, 0.5) is 0 Å². The smallest absolute Gasteiger partial charge is 0.306 e. The van der Waals surface area contributed by atoms with Gasteiger partial charge in [0.1, 0.15) is 13.2 Å². The molecule has 0 N–H and O–H groups in total. The van der Waals surface area contributed by atoms with E-state index >= 15 is 0 Å². The maximum absolute atomic E-state index is 12.8. The highest BCUT2D eigenvalue weighted by Gasteiger charge is 2.19. The van der Waals surface area contributed by atoms with Gasteiger partial charge in [-0.1, -0.05) is 229 Å². The molecule has 0 aliphatic rings. The van der Waals surface area contributed by atoms with Crippen molar-refractivity contribution in [1.29, 1.82) is 0 Å². The Balaban J connectivity index is 4.46. The highest BCUT2D eigenvalue weighted by atomic mass is 16.6. The molecule has 368 valence electrons. The molecule has 0 saturated carbocycles. The first-order valence-corrected chi connectivity index (χ1v) is 26.9. The van der Waals surface area contributed by atoms with Gasteiger partial charge in [-0.05, 0) is 83.5 Å². The van der Waals surface area contributed by atoms with Gasteiger partial charge in [0, 0.05) is 19.3 Å². The lowest BCUT2D eigenvalue weighted by Gasteiger charge is -2.18. The molecule has 0 saturated heterocycles. The first kappa shape index (κ1) is 60.9. The van der Waals surface area contributed by atoms with E-state index in [-0.39, 0.29) is 37.5 Å². The number of rotatable bonds is 48. The lowest BCUT2D eigenvalue weighted by molar-refractivity contribution is -0.167.